The smallest absolute Gasteiger partial charge is 0.310 e. The van der Waals surface area contributed by atoms with Crippen molar-refractivity contribution in [2.24, 2.45) is 5.92 Å². The van der Waals surface area contributed by atoms with Gasteiger partial charge < -0.3 is 4.74 Å². The van der Waals surface area contributed by atoms with Crippen LogP contribution in [0.15, 0.2) is 46.8 Å². The lowest BCUT2D eigenvalue weighted by atomic mass is 9.85. The van der Waals surface area contributed by atoms with Crippen molar-refractivity contribution in [3.63, 3.8) is 0 Å². The number of carbonyl (C=O) groups is 1. The lowest BCUT2D eigenvalue weighted by Gasteiger charge is -2.33. The van der Waals surface area contributed by atoms with Crippen molar-refractivity contribution >= 4 is 40.0 Å². The standard InChI is InChI=1S/C20H18FNO2S2/c1-2-24-20(23)14-4-6-18(14)26-19-8-7-17(25-19)13-9-10-22-16-5-3-12(21)11-15(13)16/h3,5,7-11,14,18H,2,4,6H2,1H3. The zero-order valence-corrected chi connectivity index (χ0v) is 15.9. The minimum atomic E-state index is -0.260. The zero-order chi connectivity index (χ0) is 18.1. The van der Waals surface area contributed by atoms with Gasteiger partial charge in [-0.15, -0.1) is 23.1 Å². The average molecular weight is 388 g/mol. The summed E-state index contributed by atoms with van der Waals surface area (Å²) >= 11 is 3.42. The van der Waals surface area contributed by atoms with Crippen molar-refractivity contribution in [2.45, 2.75) is 29.2 Å². The Balaban J connectivity index is 1.56. The molecule has 3 nitrogen and oxygen atoms in total. The van der Waals surface area contributed by atoms with Gasteiger partial charge in [0.05, 0.1) is 22.3 Å². The van der Waals surface area contributed by atoms with E-state index in [9.17, 15) is 9.18 Å². The molecule has 6 heteroatoms. The fraction of sp³-hybridized carbons (Fsp3) is 0.300. The number of pyridine rings is 1. The van der Waals surface area contributed by atoms with Crippen LogP contribution in [-0.2, 0) is 9.53 Å². The predicted octanol–water partition coefficient (Wildman–Crippen LogP) is 5.54. The summed E-state index contributed by atoms with van der Waals surface area (Å²) in [5.41, 5.74) is 1.77. The number of thioether (sulfide) groups is 1. The summed E-state index contributed by atoms with van der Waals surface area (Å²) in [7, 11) is 0. The van der Waals surface area contributed by atoms with Crippen LogP contribution < -0.4 is 0 Å². The summed E-state index contributed by atoms with van der Waals surface area (Å²) in [6, 6.07) is 10.7. The first kappa shape index (κ1) is 17.5. The highest BCUT2D eigenvalue weighted by molar-refractivity contribution is 8.01. The molecule has 2 atom stereocenters. The summed E-state index contributed by atoms with van der Waals surface area (Å²) in [6.45, 7) is 2.27. The number of thiophene rings is 1. The second-order valence-electron chi connectivity index (χ2n) is 6.23. The minimum Gasteiger partial charge on any atom is -0.466 e. The number of aromatic nitrogens is 1. The summed E-state index contributed by atoms with van der Waals surface area (Å²) < 4.78 is 20.0. The maximum Gasteiger partial charge on any atom is 0.310 e. The lowest BCUT2D eigenvalue weighted by Crippen LogP contribution is -2.36. The first-order valence-corrected chi connectivity index (χ1v) is 10.3. The molecular weight excluding hydrogens is 369 g/mol. The number of ether oxygens (including phenoxy) is 1. The highest BCUT2D eigenvalue weighted by Crippen LogP contribution is 2.45. The monoisotopic (exact) mass is 387 g/mol. The molecule has 1 aromatic carbocycles. The van der Waals surface area contributed by atoms with E-state index in [0.717, 1.165) is 34.2 Å². The van der Waals surface area contributed by atoms with Crippen LogP contribution in [0.3, 0.4) is 0 Å². The topological polar surface area (TPSA) is 39.2 Å². The van der Waals surface area contributed by atoms with Crippen LogP contribution in [0.5, 0.6) is 0 Å². The van der Waals surface area contributed by atoms with Crippen LogP contribution in [0.1, 0.15) is 19.8 Å². The molecule has 0 amide bonds. The molecule has 3 aromatic rings. The van der Waals surface area contributed by atoms with Crippen LogP contribution in [-0.4, -0.2) is 22.8 Å². The van der Waals surface area contributed by atoms with Gasteiger partial charge in [-0.2, -0.15) is 0 Å². The number of nitrogens with zero attached hydrogens (tertiary/aromatic N) is 1. The highest BCUT2D eigenvalue weighted by Gasteiger charge is 2.38. The van der Waals surface area contributed by atoms with Crippen LogP contribution in [0, 0.1) is 11.7 Å². The molecule has 134 valence electrons. The second kappa shape index (κ2) is 7.37. The van der Waals surface area contributed by atoms with Crippen molar-refractivity contribution < 1.29 is 13.9 Å². The van der Waals surface area contributed by atoms with Gasteiger partial charge >= 0.3 is 5.97 Å². The van der Waals surface area contributed by atoms with Crippen LogP contribution in [0.4, 0.5) is 4.39 Å². The van der Waals surface area contributed by atoms with E-state index in [1.165, 1.54) is 16.3 Å². The molecule has 1 aliphatic rings. The number of benzene rings is 1. The number of esters is 1. The summed E-state index contributed by atoms with van der Waals surface area (Å²) in [5, 5.41) is 1.10. The summed E-state index contributed by atoms with van der Waals surface area (Å²) in [4.78, 5) is 17.4. The Kier molecular flexibility index (Phi) is 4.96. The van der Waals surface area contributed by atoms with Gasteiger partial charge in [0, 0.05) is 27.3 Å². The van der Waals surface area contributed by atoms with Crippen LogP contribution in [0.25, 0.3) is 21.3 Å². The molecule has 2 heterocycles. The molecule has 0 N–H and O–H groups in total. The van der Waals surface area contributed by atoms with Gasteiger partial charge in [0.25, 0.3) is 0 Å². The fourth-order valence-electron chi connectivity index (χ4n) is 3.14. The molecular formula is C20H18FNO2S2. The maximum absolute atomic E-state index is 13.7. The molecule has 1 aliphatic carbocycles. The van der Waals surface area contributed by atoms with E-state index in [4.69, 9.17) is 4.74 Å². The van der Waals surface area contributed by atoms with Crippen molar-refractivity contribution in [2.75, 3.05) is 6.61 Å². The molecule has 0 spiro atoms. The normalized spacial score (nSPS) is 19.3. The van der Waals surface area contributed by atoms with Crippen molar-refractivity contribution in [1.82, 2.24) is 4.98 Å². The molecule has 0 radical (unpaired) electrons. The number of hydrogen-bond donors (Lipinski definition) is 0. The van der Waals surface area contributed by atoms with Gasteiger partial charge in [0.1, 0.15) is 5.82 Å². The van der Waals surface area contributed by atoms with Gasteiger partial charge in [-0.05, 0) is 56.2 Å². The molecule has 1 fully saturated rings. The Labute approximate surface area is 159 Å². The third-order valence-electron chi connectivity index (χ3n) is 4.62. The van der Waals surface area contributed by atoms with Crippen molar-refractivity contribution in [3.05, 3.63) is 48.4 Å². The zero-order valence-electron chi connectivity index (χ0n) is 14.3. The molecule has 0 aliphatic heterocycles. The number of fused-ring (bicyclic) bond motifs is 1. The molecule has 4 rings (SSSR count). The van der Waals surface area contributed by atoms with Gasteiger partial charge in [-0.25, -0.2) is 4.39 Å². The Bertz CT molecular complexity index is 956. The van der Waals surface area contributed by atoms with Crippen LogP contribution >= 0.6 is 23.1 Å². The highest BCUT2D eigenvalue weighted by atomic mass is 32.2. The molecule has 1 saturated carbocycles. The third kappa shape index (κ3) is 3.35. The second-order valence-corrected chi connectivity index (χ2v) is 8.85. The Morgan fingerprint density at radius 2 is 2.19 bits per heavy atom. The van der Waals surface area contributed by atoms with Crippen LogP contribution in [0.2, 0.25) is 0 Å². The number of rotatable bonds is 5. The van der Waals surface area contributed by atoms with E-state index in [-0.39, 0.29) is 23.0 Å². The third-order valence-corrected chi connectivity index (χ3v) is 7.31. The largest absolute Gasteiger partial charge is 0.466 e. The van der Waals surface area contributed by atoms with E-state index in [1.807, 2.05) is 13.0 Å². The number of carbonyl (C=O) groups excluding carboxylic acids is 1. The SMILES string of the molecule is CCOC(=O)C1CCC1Sc1ccc(-c2ccnc3ccc(F)cc23)s1. The summed E-state index contributed by atoms with van der Waals surface area (Å²) in [5.74, 6) is -0.338. The van der Waals surface area contributed by atoms with E-state index in [2.05, 4.69) is 17.1 Å². The molecule has 2 unspecified atom stereocenters. The fourth-order valence-corrected chi connectivity index (χ4v) is 5.86. The minimum absolute atomic E-state index is 0.00125. The average Bonchev–Trinajstić information content (AvgIpc) is 3.07. The maximum atomic E-state index is 13.7. The first-order chi connectivity index (χ1) is 12.7. The van der Waals surface area contributed by atoms with Gasteiger partial charge in [0.15, 0.2) is 0 Å². The van der Waals surface area contributed by atoms with Gasteiger partial charge in [-0.1, -0.05) is 0 Å². The van der Waals surface area contributed by atoms with E-state index < -0.39 is 0 Å². The molecule has 26 heavy (non-hydrogen) atoms. The molecule has 0 bridgehead atoms. The number of halogens is 1. The predicted molar refractivity (Wildman–Crippen MR) is 104 cm³/mol. The van der Waals surface area contributed by atoms with E-state index in [1.54, 1.807) is 35.4 Å². The molecule has 0 saturated heterocycles. The van der Waals surface area contributed by atoms with E-state index >= 15 is 0 Å². The Morgan fingerprint density at radius 1 is 1.31 bits per heavy atom. The quantitative estimate of drug-likeness (QED) is 0.539. The lowest BCUT2D eigenvalue weighted by molar-refractivity contribution is -0.150. The Hall–Kier alpha value is -1.92. The first-order valence-electron chi connectivity index (χ1n) is 8.63. The Morgan fingerprint density at radius 3 is 2.96 bits per heavy atom. The van der Waals surface area contributed by atoms with Gasteiger partial charge in [-0.3, -0.25) is 9.78 Å². The van der Waals surface area contributed by atoms with Crippen molar-refractivity contribution in [1.29, 1.82) is 0 Å². The molecule has 2 aromatic heterocycles. The summed E-state index contributed by atoms with van der Waals surface area (Å²) in [6.07, 6.45) is 3.69. The number of hydrogen-bond acceptors (Lipinski definition) is 5. The van der Waals surface area contributed by atoms with Gasteiger partial charge in [0.2, 0.25) is 0 Å². The van der Waals surface area contributed by atoms with E-state index in [0.29, 0.717) is 6.61 Å². The van der Waals surface area contributed by atoms with Crippen molar-refractivity contribution in [3.8, 4) is 10.4 Å².